The van der Waals surface area contributed by atoms with Crippen molar-refractivity contribution in [3.63, 3.8) is 0 Å². The molecular formula is C17H24N2O6S. The van der Waals surface area contributed by atoms with Crippen molar-refractivity contribution in [3.8, 4) is 11.5 Å². The zero-order valence-corrected chi connectivity index (χ0v) is 16.0. The van der Waals surface area contributed by atoms with Gasteiger partial charge in [0.2, 0.25) is 11.8 Å². The van der Waals surface area contributed by atoms with Gasteiger partial charge in [-0.15, -0.1) is 0 Å². The highest BCUT2D eigenvalue weighted by Gasteiger charge is 2.24. The van der Waals surface area contributed by atoms with Crippen LogP contribution < -0.4 is 9.47 Å². The van der Waals surface area contributed by atoms with Crippen LogP contribution in [0.2, 0.25) is 0 Å². The Morgan fingerprint density at radius 2 is 1.58 bits per heavy atom. The van der Waals surface area contributed by atoms with Gasteiger partial charge >= 0.3 is 0 Å². The van der Waals surface area contributed by atoms with E-state index in [2.05, 4.69) is 0 Å². The van der Waals surface area contributed by atoms with Gasteiger partial charge in [-0.3, -0.25) is 9.59 Å². The molecule has 0 aromatic heterocycles. The molecule has 9 heteroatoms. The van der Waals surface area contributed by atoms with Gasteiger partial charge in [-0.1, -0.05) is 0 Å². The first kappa shape index (κ1) is 20.0. The Morgan fingerprint density at radius 3 is 2.12 bits per heavy atom. The second-order valence-corrected chi connectivity index (χ2v) is 8.08. The number of methoxy groups -OCH3 is 2. The summed E-state index contributed by atoms with van der Waals surface area (Å²) < 4.78 is 35.2. The number of sulfone groups is 1. The van der Waals surface area contributed by atoms with E-state index in [1.54, 1.807) is 9.80 Å². The summed E-state index contributed by atoms with van der Waals surface area (Å²) >= 11 is 0. The van der Waals surface area contributed by atoms with Crippen molar-refractivity contribution in [3.05, 3.63) is 18.2 Å². The molecule has 1 fully saturated rings. The van der Waals surface area contributed by atoms with Crippen molar-refractivity contribution >= 4 is 21.7 Å². The number of nitrogens with zero attached hydrogens (tertiary/aromatic N) is 2. The van der Waals surface area contributed by atoms with Crippen molar-refractivity contribution in [1.82, 2.24) is 9.80 Å². The lowest BCUT2D eigenvalue weighted by molar-refractivity contribution is -0.138. The molecule has 0 N–H and O–H groups in total. The summed E-state index contributed by atoms with van der Waals surface area (Å²) in [6.45, 7) is 3.30. The lowest BCUT2D eigenvalue weighted by atomic mass is 10.3. The maximum atomic E-state index is 12.5. The Hall–Kier alpha value is -2.29. The number of piperazine rings is 1. The van der Waals surface area contributed by atoms with Crippen LogP contribution in [0.1, 0.15) is 13.3 Å². The normalized spacial score (nSPS) is 14.9. The molecule has 0 saturated carbocycles. The fourth-order valence-corrected chi connectivity index (χ4v) is 4.02. The molecule has 1 heterocycles. The highest BCUT2D eigenvalue weighted by Crippen LogP contribution is 2.30. The average molecular weight is 384 g/mol. The summed E-state index contributed by atoms with van der Waals surface area (Å²) in [7, 11) is -0.726. The molecule has 1 aromatic rings. The maximum Gasteiger partial charge on any atom is 0.223 e. The van der Waals surface area contributed by atoms with E-state index in [1.807, 2.05) is 0 Å². The largest absolute Gasteiger partial charge is 0.493 e. The predicted octanol–water partition coefficient (Wildman–Crippen LogP) is 0.558. The second-order valence-electron chi connectivity index (χ2n) is 5.97. The Morgan fingerprint density at radius 1 is 1.00 bits per heavy atom. The predicted molar refractivity (Wildman–Crippen MR) is 95.0 cm³/mol. The number of carbonyl (C=O) groups is 2. The van der Waals surface area contributed by atoms with Crippen LogP contribution >= 0.6 is 0 Å². The summed E-state index contributed by atoms with van der Waals surface area (Å²) in [6.07, 6.45) is -0.100. The molecule has 1 aliphatic rings. The van der Waals surface area contributed by atoms with E-state index < -0.39 is 9.84 Å². The number of benzene rings is 1. The Balaban J connectivity index is 1.98. The Bertz CT molecular complexity index is 769. The van der Waals surface area contributed by atoms with Crippen molar-refractivity contribution in [1.29, 1.82) is 0 Å². The van der Waals surface area contributed by atoms with Gasteiger partial charge in [0, 0.05) is 45.6 Å². The first-order valence-corrected chi connectivity index (χ1v) is 9.92. The number of rotatable bonds is 6. The minimum atomic E-state index is -3.62. The minimum Gasteiger partial charge on any atom is -0.493 e. The first-order valence-electron chi connectivity index (χ1n) is 8.26. The highest BCUT2D eigenvalue weighted by atomic mass is 32.2. The monoisotopic (exact) mass is 384 g/mol. The van der Waals surface area contributed by atoms with Crippen LogP contribution in [0.25, 0.3) is 0 Å². The molecular weight excluding hydrogens is 360 g/mol. The fourth-order valence-electron chi connectivity index (χ4n) is 2.78. The average Bonchev–Trinajstić information content (AvgIpc) is 2.65. The number of ether oxygens (including phenoxy) is 2. The lowest BCUT2D eigenvalue weighted by Gasteiger charge is -2.34. The third-order valence-electron chi connectivity index (χ3n) is 4.38. The van der Waals surface area contributed by atoms with E-state index in [9.17, 15) is 18.0 Å². The van der Waals surface area contributed by atoms with E-state index in [0.29, 0.717) is 37.7 Å². The molecule has 0 bridgehead atoms. The van der Waals surface area contributed by atoms with Crippen LogP contribution in [-0.2, 0) is 19.4 Å². The van der Waals surface area contributed by atoms with E-state index in [0.717, 1.165) is 0 Å². The van der Waals surface area contributed by atoms with Crippen molar-refractivity contribution in [2.75, 3.05) is 46.2 Å². The van der Waals surface area contributed by atoms with Gasteiger partial charge in [0.05, 0.1) is 24.9 Å². The van der Waals surface area contributed by atoms with Crippen LogP contribution in [0.3, 0.4) is 0 Å². The molecule has 0 aliphatic carbocycles. The zero-order chi connectivity index (χ0) is 19.3. The summed E-state index contributed by atoms with van der Waals surface area (Å²) in [4.78, 5) is 27.0. The molecule has 144 valence electrons. The molecule has 8 nitrogen and oxygen atoms in total. The zero-order valence-electron chi connectivity index (χ0n) is 15.2. The van der Waals surface area contributed by atoms with Gasteiger partial charge in [-0.05, 0) is 12.1 Å². The summed E-state index contributed by atoms with van der Waals surface area (Å²) in [5.41, 5.74) is 0. The number of hydrogen-bond acceptors (Lipinski definition) is 6. The van der Waals surface area contributed by atoms with Crippen LogP contribution in [0.5, 0.6) is 11.5 Å². The Labute approximate surface area is 153 Å². The minimum absolute atomic E-state index is 0.0203. The number of carbonyl (C=O) groups excluding carboxylic acids is 2. The van der Waals surface area contributed by atoms with Crippen LogP contribution in [0, 0.1) is 0 Å². The Kier molecular flexibility index (Phi) is 6.47. The van der Waals surface area contributed by atoms with E-state index in [-0.39, 0.29) is 28.9 Å². The maximum absolute atomic E-state index is 12.5. The van der Waals surface area contributed by atoms with E-state index >= 15 is 0 Å². The number of hydrogen-bond donors (Lipinski definition) is 0. The molecule has 1 saturated heterocycles. The standard InChI is InChI=1S/C17H24N2O6S/c1-13(20)18-7-9-19(10-8-18)17(21)6-11-26(22,23)14-4-5-15(24-2)16(12-14)25-3/h4-5,12H,6-11H2,1-3H3. The molecule has 0 atom stereocenters. The van der Waals surface area contributed by atoms with Gasteiger partial charge in [-0.2, -0.15) is 0 Å². The summed E-state index contributed by atoms with van der Waals surface area (Å²) in [5, 5.41) is 0. The van der Waals surface area contributed by atoms with Gasteiger partial charge in [0.1, 0.15) is 0 Å². The molecule has 2 rings (SSSR count). The smallest absolute Gasteiger partial charge is 0.223 e. The van der Waals surface area contributed by atoms with Crippen molar-refractivity contribution in [2.24, 2.45) is 0 Å². The SMILES string of the molecule is COc1ccc(S(=O)(=O)CCC(=O)N2CCN(C(C)=O)CC2)cc1OC. The van der Waals surface area contributed by atoms with Crippen molar-refractivity contribution in [2.45, 2.75) is 18.2 Å². The first-order chi connectivity index (χ1) is 12.3. The van der Waals surface area contributed by atoms with Crippen molar-refractivity contribution < 1.29 is 27.5 Å². The van der Waals surface area contributed by atoms with E-state index in [4.69, 9.17) is 9.47 Å². The quantitative estimate of drug-likeness (QED) is 0.711. The molecule has 1 aromatic carbocycles. The van der Waals surface area contributed by atoms with Crippen LogP contribution in [-0.4, -0.2) is 76.2 Å². The summed E-state index contributed by atoms with van der Waals surface area (Å²) in [6, 6.07) is 4.35. The second kappa shape index (κ2) is 8.39. The van der Waals surface area contributed by atoms with Crippen LogP contribution in [0.15, 0.2) is 23.1 Å². The van der Waals surface area contributed by atoms with Gasteiger partial charge in [0.15, 0.2) is 21.3 Å². The molecule has 0 unspecified atom stereocenters. The fraction of sp³-hybridized carbons (Fsp3) is 0.529. The van der Waals surface area contributed by atoms with E-state index in [1.165, 1.54) is 39.3 Å². The molecule has 0 radical (unpaired) electrons. The summed E-state index contributed by atoms with van der Waals surface area (Å²) in [5.74, 6) is 0.227. The third kappa shape index (κ3) is 4.66. The van der Waals surface area contributed by atoms with Crippen LogP contribution in [0.4, 0.5) is 0 Å². The van der Waals surface area contributed by atoms with Gasteiger partial charge < -0.3 is 19.3 Å². The molecule has 26 heavy (non-hydrogen) atoms. The molecule has 1 aliphatic heterocycles. The third-order valence-corrected chi connectivity index (χ3v) is 6.09. The van der Waals surface area contributed by atoms with Gasteiger partial charge in [0.25, 0.3) is 0 Å². The number of amides is 2. The molecule has 0 spiro atoms. The molecule has 2 amide bonds. The lowest BCUT2D eigenvalue weighted by Crippen LogP contribution is -2.50. The topological polar surface area (TPSA) is 93.2 Å². The van der Waals surface area contributed by atoms with Gasteiger partial charge in [-0.25, -0.2) is 8.42 Å². The highest BCUT2D eigenvalue weighted by molar-refractivity contribution is 7.91.